The van der Waals surface area contributed by atoms with Crippen LogP contribution in [-0.4, -0.2) is 55.9 Å². The molecule has 2 saturated heterocycles. The van der Waals surface area contributed by atoms with Gasteiger partial charge in [-0.15, -0.1) is 21.5 Å². The van der Waals surface area contributed by atoms with Crippen molar-refractivity contribution >= 4 is 16.5 Å². The number of nitrogens with zero attached hydrogens (tertiary/aromatic N) is 6. The summed E-state index contributed by atoms with van der Waals surface area (Å²) in [7, 11) is 2.11. The van der Waals surface area contributed by atoms with Crippen LogP contribution in [0.1, 0.15) is 48.9 Å². The van der Waals surface area contributed by atoms with Crippen LogP contribution in [-0.2, 0) is 20.2 Å². The van der Waals surface area contributed by atoms with E-state index in [0.29, 0.717) is 5.92 Å². The highest BCUT2D eigenvalue weighted by Crippen LogP contribution is 2.31. The number of aliphatic hydroxyl groups excluding tert-OH is 1. The van der Waals surface area contributed by atoms with Gasteiger partial charge in [0, 0.05) is 31.4 Å². The summed E-state index contributed by atoms with van der Waals surface area (Å²) in [5.41, 5.74) is 0.766. The summed E-state index contributed by atoms with van der Waals surface area (Å²) in [6.07, 6.45) is 4.75. The smallest absolute Gasteiger partial charge is 0.185 e. The zero-order valence-electron chi connectivity index (χ0n) is 14.8. The normalized spacial score (nSPS) is 19.8. The molecule has 0 atom stereocenters. The molecule has 0 saturated carbocycles. The molecule has 4 heterocycles. The molecule has 2 fully saturated rings. The second kappa shape index (κ2) is 7.39. The summed E-state index contributed by atoms with van der Waals surface area (Å²) in [4.78, 5) is 9.28. The van der Waals surface area contributed by atoms with Crippen LogP contribution >= 0.6 is 11.3 Å². The molecule has 7 nitrogen and oxygen atoms in total. The lowest BCUT2D eigenvalue weighted by atomic mass is 9.96. The Labute approximate surface area is 152 Å². The van der Waals surface area contributed by atoms with Crippen LogP contribution in [0.25, 0.3) is 0 Å². The van der Waals surface area contributed by atoms with Gasteiger partial charge in [0.05, 0.1) is 18.8 Å². The molecule has 0 aliphatic carbocycles. The molecule has 2 aliphatic rings. The molecule has 0 amide bonds. The van der Waals surface area contributed by atoms with Crippen molar-refractivity contribution < 1.29 is 5.11 Å². The van der Waals surface area contributed by atoms with Gasteiger partial charge in [-0.1, -0.05) is 0 Å². The van der Waals surface area contributed by atoms with Crippen LogP contribution in [0.5, 0.6) is 0 Å². The highest BCUT2D eigenvalue weighted by atomic mass is 32.1. The van der Waals surface area contributed by atoms with Crippen LogP contribution in [0.15, 0.2) is 5.38 Å². The molecule has 4 rings (SSSR count). The highest BCUT2D eigenvalue weighted by molar-refractivity contribution is 7.13. The summed E-state index contributed by atoms with van der Waals surface area (Å²) in [5.74, 6) is 2.69. The number of hydrogen-bond acceptors (Lipinski definition) is 7. The van der Waals surface area contributed by atoms with Gasteiger partial charge in [0.15, 0.2) is 5.13 Å². The van der Waals surface area contributed by atoms with Crippen molar-refractivity contribution in [2.24, 2.45) is 7.05 Å². The molecular formula is C17H26N6OS. The largest absolute Gasteiger partial charge is 0.390 e. The van der Waals surface area contributed by atoms with Crippen LogP contribution in [0.4, 0.5) is 5.13 Å². The predicted molar refractivity (Wildman–Crippen MR) is 97.7 cm³/mol. The van der Waals surface area contributed by atoms with E-state index in [4.69, 9.17) is 0 Å². The Morgan fingerprint density at radius 2 is 1.92 bits per heavy atom. The Balaban J connectivity index is 1.38. The minimum atomic E-state index is 0.0195. The van der Waals surface area contributed by atoms with Gasteiger partial charge in [-0.3, -0.25) is 4.90 Å². The van der Waals surface area contributed by atoms with E-state index >= 15 is 0 Å². The van der Waals surface area contributed by atoms with Crippen LogP contribution in [0.3, 0.4) is 0 Å². The summed E-state index contributed by atoms with van der Waals surface area (Å²) in [5, 5.41) is 21.1. The zero-order chi connectivity index (χ0) is 17.2. The van der Waals surface area contributed by atoms with Gasteiger partial charge in [-0.05, 0) is 38.8 Å². The lowest BCUT2D eigenvalue weighted by molar-refractivity contribution is 0.277. The van der Waals surface area contributed by atoms with Crippen molar-refractivity contribution in [3.05, 3.63) is 22.7 Å². The maximum absolute atomic E-state index is 9.18. The number of hydrogen-bond donors (Lipinski definition) is 1. The van der Waals surface area contributed by atoms with Gasteiger partial charge >= 0.3 is 0 Å². The fraction of sp³-hybridized carbons (Fsp3) is 0.706. The molecule has 2 aromatic rings. The molecule has 2 aliphatic heterocycles. The molecule has 25 heavy (non-hydrogen) atoms. The summed E-state index contributed by atoms with van der Waals surface area (Å²) in [6.45, 7) is 5.28. The molecule has 8 heteroatoms. The maximum atomic E-state index is 9.18. The van der Waals surface area contributed by atoms with Crippen molar-refractivity contribution in [2.45, 2.75) is 44.8 Å². The van der Waals surface area contributed by atoms with E-state index in [-0.39, 0.29) is 6.61 Å². The van der Waals surface area contributed by atoms with Crippen LogP contribution < -0.4 is 4.90 Å². The standard InChI is InChI=1S/C17H26N6OS/c1-21-15(10-22-6-2-3-7-22)19-20-16(21)13-4-8-23(9-5-13)17-18-14(11-24)12-25-17/h12-13,24H,2-11H2,1H3. The van der Waals surface area contributed by atoms with E-state index in [1.807, 2.05) is 5.38 Å². The maximum Gasteiger partial charge on any atom is 0.185 e. The van der Waals surface area contributed by atoms with Gasteiger partial charge in [0.25, 0.3) is 0 Å². The van der Waals surface area contributed by atoms with E-state index in [1.165, 1.54) is 25.9 Å². The fourth-order valence-electron chi connectivity index (χ4n) is 3.85. The van der Waals surface area contributed by atoms with Gasteiger partial charge in [0.1, 0.15) is 11.6 Å². The molecule has 0 aromatic carbocycles. The topological polar surface area (TPSA) is 70.3 Å². The van der Waals surface area contributed by atoms with E-state index in [0.717, 1.165) is 55.0 Å². The molecule has 0 spiro atoms. The van der Waals surface area contributed by atoms with E-state index in [1.54, 1.807) is 11.3 Å². The average Bonchev–Trinajstić information content (AvgIpc) is 3.38. The quantitative estimate of drug-likeness (QED) is 0.874. The van der Waals surface area contributed by atoms with Crippen LogP contribution in [0.2, 0.25) is 0 Å². The second-order valence-corrected chi connectivity index (χ2v) is 7.89. The minimum absolute atomic E-state index is 0.0195. The molecule has 0 radical (unpaired) electrons. The summed E-state index contributed by atoms with van der Waals surface area (Å²) >= 11 is 1.62. The van der Waals surface area contributed by atoms with Crippen molar-refractivity contribution in [3.63, 3.8) is 0 Å². The second-order valence-electron chi connectivity index (χ2n) is 7.06. The molecule has 1 N–H and O–H groups in total. The minimum Gasteiger partial charge on any atom is -0.390 e. The summed E-state index contributed by atoms with van der Waals surface area (Å²) in [6, 6.07) is 0. The molecular weight excluding hydrogens is 336 g/mol. The van der Waals surface area contributed by atoms with Crippen molar-refractivity contribution in [1.82, 2.24) is 24.6 Å². The fourth-order valence-corrected chi connectivity index (χ4v) is 4.72. The van der Waals surface area contributed by atoms with Crippen LogP contribution in [0, 0.1) is 0 Å². The lowest BCUT2D eigenvalue weighted by Crippen LogP contribution is -2.33. The monoisotopic (exact) mass is 362 g/mol. The third-order valence-corrected chi connectivity index (χ3v) is 6.34. The Morgan fingerprint density at radius 1 is 1.16 bits per heavy atom. The Morgan fingerprint density at radius 3 is 2.60 bits per heavy atom. The number of aliphatic hydroxyl groups is 1. The number of piperidine rings is 1. The van der Waals surface area contributed by atoms with Crippen molar-refractivity contribution in [3.8, 4) is 0 Å². The van der Waals surface area contributed by atoms with Gasteiger partial charge in [-0.2, -0.15) is 0 Å². The molecule has 2 aromatic heterocycles. The lowest BCUT2D eigenvalue weighted by Gasteiger charge is -2.31. The Hall–Kier alpha value is -1.51. The first-order valence-corrected chi connectivity index (χ1v) is 10.0. The Kier molecular flexibility index (Phi) is 5.00. The first-order chi connectivity index (χ1) is 12.2. The van der Waals surface area contributed by atoms with Gasteiger partial charge in [-0.25, -0.2) is 4.98 Å². The van der Waals surface area contributed by atoms with Gasteiger partial charge in [0.2, 0.25) is 0 Å². The molecule has 0 unspecified atom stereocenters. The Bertz CT molecular complexity index is 700. The van der Waals surface area contributed by atoms with E-state index < -0.39 is 0 Å². The predicted octanol–water partition coefficient (Wildman–Crippen LogP) is 1.74. The molecule has 0 bridgehead atoms. The number of anilines is 1. The average molecular weight is 363 g/mol. The SMILES string of the molecule is Cn1c(CN2CCCC2)nnc1C1CCN(c2nc(CO)cs2)CC1. The van der Waals surface area contributed by atoms with Crippen molar-refractivity contribution in [1.29, 1.82) is 0 Å². The number of rotatable bonds is 5. The first kappa shape index (κ1) is 16.9. The third-order valence-electron chi connectivity index (χ3n) is 5.39. The van der Waals surface area contributed by atoms with E-state index in [2.05, 4.69) is 36.6 Å². The van der Waals surface area contributed by atoms with Crippen molar-refractivity contribution in [2.75, 3.05) is 31.1 Å². The highest BCUT2D eigenvalue weighted by Gasteiger charge is 2.27. The molecule has 136 valence electrons. The van der Waals surface area contributed by atoms with E-state index in [9.17, 15) is 5.11 Å². The number of likely N-dealkylation sites (tertiary alicyclic amines) is 1. The number of aromatic nitrogens is 4. The number of thiazole rings is 1. The summed E-state index contributed by atoms with van der Waals surface area (Å²) < 4.78 is 2.21. The first-order valence-electron chi connectivity index (χ1n) is 9.15. The third kappa shape index (κ3) is 3.56. The van der Waals surface area contributed by atoms with Gasteiger partial charge < -0.3 is 14.6 Å². The zero-order valence-corrected chi connectivity index (χ0v) is 15.6.